The number of aromatic nitrogens is 4. The number of rotatable bonds is 4. The number of carboxylic acids is 1. The first-order valence-electron chi connectivity index (χ1n) is 4.97. The third kappa shape index (κ3) is 2.67. The summed E-state index contributed by atoms with van der Waals surface area (Å²) in [5.74, 6) is -1.61. The normalized spacial score (nSPS) is 10.0. The van der Waals surface area contributed by atoms with Gasteiger partial charge in [-0.1, -0.05) is 0 Å². The van der Waals surface area contributed by atoms with Gasteiger partial charge in [0, 0.05) is 6.20 Å². The Morgan fingerprint density at radius 3 is 2.94 bits per heavy atom. The molecule has 2 rings (SSSR count). The molecule has 0 atom stereocenters. The second kappa shape index (κ2) is 5.04. The standard InChI is InChI=1S/C10H9N5O3/c16-8(4-15-6-11-5-13-15)14-7-2-1-3-12-9(7)10(17)18/h1-3,5-6H,4H2,(H,14,16)(H,17,18). The molecule has 0 unspecified atom stereocenters. The molecule has 0 bridgehead atoms. The molecule has 0 aliphatic carbocycles. The van der Waals surface area contributed by atoms with E-state index in [1.165, 1.54) is 35.7 Å². The Bertz CT molecular complexity index is 567. The van der Waals surface area contributed by atoms with Crippen molar-refractivity contribution < 1.29 is 14.7 Å². The zero-order valence-corrected chi connectivity index (χ0v) is 9.15. The zero-order chi connectivity index (χ0) is 13.0. The lowest BCUT2D eigenvalue weighted by molar-refractivity contribution is -0.116. The summed E-state index contributed by atoms with van der Waals surface area (Å²) in [5, 5.41) is 15.1. The molecule has 0 radical (unpaired) electrons. The van der Waals surface area contributed by atoms with E-state index in [2.05, 4.69) is 20.4 Å². The number of nitrogens with zero attached hydrogens (tertiary/aromatic N) is 4. The predicted octanol–water partition coefficient (Wildman–Crippen LogP) is 0.01000. The van der Waals surface area contributed by atoms with Crippen LogP contribution in [0.3, 0.4) is 0 Å². The van der Waals surface area contributed by atoms with Gasteiger partial charge in [-0.05, 0) is 12.1 Å². The highest BCUT2D eigenvalue weighted by Crippen LogP contribution is 2.11. The van der Waals surface area contributed by atoms with E-state index in [9.17, 15) is 9.59 Å². The van der Waals surface area contributed by atoms with Crippen molar-refractivity contribution in [1.29, 1.82) is 0 Å². The summed E-state index contributed by atoms with van der Waals surface area (Å²) in [6, 6.07) is 3.01. The zero-order valence-electron chi connectivity index (χ0n) is 9.15. The Labute approximate surface area is 101 Å². The molecule has 0 spiro atoms. The number of carbonyl (C=O) groups excluding carboxylic acids is 1. The van der Waals surface area contributed by atoms with Crippen molar-refractivity contribution in [3.63, 3.8) is 0 Å². The third-order valence-corrected chi connectivity index (χ3v) is 2.06. The molecule has 92 valence electrons. The van der Waals surface area contributed by atoms with Crippen LogP contribution in [-0.4, -0.2) is 36.7 Å². The van der Waals surface area contributed by atoms with Crippen LogP contribution in [0.25, 0.3) is 0 Å². The average molecular weight is 247 g/mol. The number of nitrogens with one attached hydrogen (secondary N) is 1. The lowest BCUT2D eigenvalue weighted by Crippen LogP contribution is -2.20. The number of hydrogen-bond acceptors (Lipinski definition) is 5. The van der Waals surface area contributed by atoms with Crippen molar-refractivity contribution in [2.45, 2.75) is 6.54 Å². The van der Waals surface area contributed by atoms with Crippen LogP contribution in [0, 0.1) is 0 Å². The molecule has 0 saturated carbocycles. The van der Waals surface area contributed by atoms with Crippen LogP contribution in [0.2, 0.25) is 0 Å². The van der Waals surface area contributed by atoms with E-state index >= 15 is 0 Å². The largest absolute Gasteiger partial charge is 0.476 e. The van der Waals surface area contributed by atoms with E-state index in [0.29, 0.717) is 0 Å². The number of anilines is 1. The Kier molecular flexibility index (Phi) is 3.28. The molecule has 0 saturated heterocycles. The van der Waals surface area contributed by atoms with Crippen molar-refractivity contribution in [3.05, 3.63) is 36.7 Å². The van der Waals surface area contributed by atoms with Gasteiger partial charge in [-0.2, -0.15) is 5.10 Å². The second-order valence-corrected chi connectivity index (χ2v) is 3.35. The maximum Gasteiger partial charge on any atom is 0.356 e. The summed E-state index contributed by atoms with van der Waals surface area (Å²) < 4.78 is 1.33. The van der Waals surface area contributed by atoms with Gasteiger partial charge >= 0.3 is 5.97 Å². The lowest BCUT2D eigenvalue weighted by Gasteiger charge is -2.06. The molecule has 0 aromatic carbocycles. The van der Waals surface area contributed by atoms with E-state index in [-0.39, 0.29) is 17.9 Å². The number of amides is 1. The maximum absolute atomic E-state index is 11.6. The lowest BCUT2D eigenvalue weighted by atomic mass is 10.3. The molecule has 2 aromatic heterocycles. The summed E-state index contributed by atoms with van der Waals surface area (Å²) in [6.07, 6.45) is 4.04. The van der Waals surface area contributed by atoms with E-state index in [4.69, 9.17) is 5.11 Å². The van der Waals surface area contributed by atoms with Crippen molar-refractivity contribution >= 4 is 17.6 Å². The first-order chi connectivity index (χ1) is 8.66. The number of aromatic carboxylic acids is 1. The first kappa shape index (κ1) is 11.7. The van der Waals surface area contributed by atoms with E-state index in [1.54, 1.807) is 0 Å². The molecule has 0 fully saturated rings. The fraction of sp³-hybridized carbons (Fsp3) is 0.100. The van der Waals surface area contributed by atoms with E-state index < -0.39 is 11.9 Å². The molecule has 2 N–H and O–H groups in total. The molecular weight excluding hydrogens is 238 g/mol. The number of hydrogen-bond donors (Lipinski definition) is 2. The van der Waals surface area contributed by atoms with Crippen LogP contribution < -0.4 is 5.32 Å². The highest BCUT2D eigenvalue weighted by molar-refractivity contribution is 5.98. The summed E-state index contributed by atoms with van der Waals surface area (Å²) in [4.78, 5) is 29.9. The van der Waals surface area contributed by atoms with Gasteiger partial charge < -0.3 is 10.4 Å². The minimum atomic E-state index is -1.20. The fourth-order valence-corrected chi connectivity index (χ4v) is 1.33. The summed E-state index contributed by atoms with van der Waals surface area (Å²) in [5.41, 5.74) is -0.0560. The fourth-order valence-electron chi connectivity index (χ4n) is 1.33. The van der Waals surface area contributed by atoms with Crippen LogP contribution in [0.1, 0.15) is 10.5 Å². The van der Waals surface area contributed by atoms with Gasteiger partial charge in [-0.3, -0.25) is 4.79 Å². The molecule has 8 nitrogen and oxygen atoms in total. The summed E-state index contributed by atoms with van der Waals surface area (Å²) >= 11 is 0. The van der Waals surface area contributed by atoms with Crippen molar-refractivity contribution in [2.24, 2.45) is 0 Å². The average Bonchev–Trinajstić information content (AvgIpc) is 2.82. The quantitative estimate of drug-likeness (QED) is 0.787. The van der Waals surface area contributed by atoms with Gasteiger partial charge in [0.25, 0.3) is 0 Å². The number of carbonyl (C=O) groups is 2. The Morgan fingerprint density at radius 1 is 1.44 bits per heavy atom. The highest BCUT2D eigenvalue weighted by atomic mass is 16.4. The Morgan fingerprint density at radius 2 is 2.28 bits per heavy atom. The van der Waals surface area contributed by atoms with Gasteiger partial charge in [-0.15, -0.1) is 0 Å². The summed E-state index contributed by atoms with van der Waals surface area (Å²) in [6.45, 7) is -0.0477. The van der Waals surface area contributed by atoms with E-state index in [0.717, 1.165) is 0 Å². The molecule has 1 amide bonds. The Balaban J connectivity index is 2.09. The van der Waals surface area contributed by atoms with E-state index in [1.807, 2.05) is 0 Å². The molecule has 18 heavy (non-hydrogen) atoms. The van der Waals surface area contributed by atoms with Crippen LogP contribution in [-0.2, 0) is 11.3 Å². The van der Waals surface area contributed by atoms with Crippen molar-refractivity contribution in [2.75, 3.05) is 5.32 Å². The van der Waals surface area contributed by atoms with Gasteiger partial charge in [0.05, 0.1) is 5.69 Å². The van der Waals surface area contributed by atoms with Gasteiger partial charge in [0.2, 0.25) is 5.91 Å². The number of pyridine rings is 1. The highest BCUT2D eigenvalue weighted by Gasteiger charge is 2.13. The monoisotopic (exact) mass is 247 g/mol. The number of carboxylic acid groups (broad SMARTS) is 1. The van der Waals surface area contributed by atoms with Gasteiger partial charge in [0.15, 0.2) is 5.69 Å². The van der Waals surface area contributed by atoms with Gasteiger partial charge in [0.1, 0.15) is 19.2 Å². The van der Waals surface area contributed by atoms with Gasteiger partial charge in [-0.25, -0.2) is 19.4 Å². The molecule has 2 heterocycles. The maximum atomic E-state index is 11.6. The smallest absolute Gasteiger partial charge is 0.356 e. The van der Waals surface area contributed by atoms with Crippen molar-refractivity contribution in [3.8, 4) is 0 Å². The SMILES string of the molecule is O=C(Cn1cncn1)Nc1cccnc1C(=O)O. The minimum Gasteiger partial charge on any atom is -0.476 e. The molecule has 0 aliphatic rings. The van der Waals surface area contributed by atoms with Crippen LogP contribution in [0.5, 0.6) is 0 Å². The van der Waals surface area contributed by atoms with Crippen LogP contribution in [0.4, 0.5) is 5.69 Å². The summed E-state index contributed by atoms with van der Waals surface area (Å²) in [7, 11) is 0. The van der Waals surface area contributed by atoms with Crippen LogP contribution >= 0.6 is 0 Å². The van der Waals surface area contributed by atoms with Crippen molar-refractivity contribution in [1.82, 2.24) is 19.7 Å². The molecule has 2 aromatic rings. The minimum absolute atomic E-state index is 0.0477. The van der Waals surface area contributed by atoms with Crippen LogP contribution in [0.15, 0.2) is 31.0 Å². The first-order valence-corrected chi connectivity index (χ1v) is 4.97. The molecular formula is C10H9N5O3. The topological polar surface area (TPSA) is 110 Å². The third-order valence-electron chi connectivity index (χ3n) is 2.06. The molecule has 0 aliphatic heterocycles. The molecule has 8 heteroatoms. The Hall–Kier alpha value is -2.77. The predicted molar refractivity (Wildman–Crippen MR) is 59.8 cm³/mol. The second-order valence-electron chi connectivity index (χ2n) is 3.35.